The van der Waals surface area contributed by atoms with Gasteiger partial charge in [-0.15, -0.1) is 5.10 Å². The third-order valence-corrected chi connectivity index (χ3v) is 12.4. The second-order valence-corrected chi connectivity index (χ2v) is 16.8. The van der Waals surface area contributed by atoms with E-state index in [1.165, 1.54) is 0 Å². The number of furan rings is 1. The molecule has 0 aromatic carbocycles. The summed E-state index contributed by atoms with van der Waals surface area (Å²) in [6.45, 7) is 16.6. The first-order valence-corrected chi connectivity index (χ1v) is 16.4. The van der Waals surface area contributed by atoms with E-state index in [0.717, 1.165) is 55.0 Å². The zero-order valence-corrected chi connectivity index (χ0v) is 24.4. The van der Waals surface area contributed by atoms with E-state index in [1.54, 1.807) is 16.8 Å². The van der Waals surface area contributed by atoms with Crippen molar-refractivity contribution < 1.29 is 13.6 Å². The van der Waals surface area contributed by atoms with E-state index >= 15 is 0 Å². The number of pyridine rings is 1. The highest BCUT2D eigenvalue weighted by atomic mass is 28.4. The number of hydrogen-bond acceptors (Lipinski definition) is 8. The maximum atomic E-state index is 6.52. The van der Waals surface area contributed by atoms with Crippen molar-refractivity contribution in [1.82, 2.24) is 19.6 Å². The number of ether oxygens (including phenoxy) is 1. The molecule has 0 aliphatic carbocycles. The van der Waals surface area contributed by atoms with E-state index in [1.807, 2.05) is 31.3 Å². The number of hydrogen-bond donors (Lipinski definition) is 1. The fraction of sp³-hybridized carbons (Fsp3) is 0.536. The average molecular weight is 537 g/mol. The van der Waals surface area contributed by atoms with Crippen molar-refractivity contribution in [2.75, 3.05) is 31.2 Å². The van der Waals surface area contributed by atoms with Crippen molar-refractivity contribution in [2.24, 2.45) is 11.7 Å². The number of rotatable bonds is 8. The van der Waals surface area contributed by atoms with Gasteiger partial charge in [0.1, 0.15) is 23.7 Å². The van der Waals surface area contributed by atoms with Crippen LogP contribution in [0.5, 0.6) is 5.88 Å². The van der Waals surface area contributed by atoms with Gasteiger partial charge in [0.15, 0.2) is 19.7 Å². The van der Waals surface area contributed by atoms with Crippen LogP contribution in [-0.2, 0) is 4.43 Å². The van der Waals surface area contributed by atoms with E-state index in [9.17, 15) is 0 Å². The van der Waals surface area contributed by atoms with E-state index in [-0.39, 0.29) is 11.1 Å². The molecule has 9 nitrogen and oxygen atoms in total. The van der Waals surface area contributed by atoms with Crippen molar-refractivity contribution in [3.63, 3.8) is 0 Å². The van der Waals surface area contributed by atoms with E-state index in [4.69, 9.17) is 24.3 Å². The Hall–Kier alpha value is -2.95. The summed E-state index contributed by atoms with van der Waals surface area (Å²) in [6.07, 6.45) is 5.79. The molecule has 204 valence electrons. The third-order valence-electron chi connectivity index (χ3n) is 7.91. The molecule has 0 bridgehead atoms. The second kappa shape index (κ2) is 10.3. The summed E-state index contributed by atoms with van der Waals surface area (Å²) in [4.78, 5) is 11.6. The van der Waals surface area contributed by atoms with Gasteiger partial charge in [-0.2, -0.15) is 0 Å². The monoisotopic (exact) mass is 536 g/mol. The normalized spacial score (nSPS) is 16.4. The van der Waals surface area contributed by atoms with Crippen LogP contribution in [0.2, 0.25) is 18.1 Å². The van der Waals surface area contributed by atoms with Gasteiger partial charge in [0.2, 0.25) is 5.88 Å². The zero-order chi connectivity index (χ0) is 27.1. The molecule has 38 heavy (non-hydrogen) atoms. The molecule has 5 rings (SSSR count). The summed E-state index contributed by atoms with van der Waals surface area (Å²) in [5.74, 6) is 2.73. The molecule has 0 saturated carbocycles. The van der Waals surface area contributed by atoms with E-state index in [2.05, 4.69) is 48.8 Å². The lowest BCUT2D eigenvalue weighted by molar-refractivity contribution is 0.205. The summed E-state index contributed by atoms with van der Waals surface area (Å²) >= 11 is 0. The largest absolute Gasteiger partial charge is 0.475 e. The smallest absolute Gasteiger partial charge is 0.231 e. The van der Waals surface area contributed by atoms with Crippen LogP contribution in [0.1, 0.15) is 40.5 Å². The second-order valence-electron chi connectivity index (χ2n) is 12.0. The van der Waals surface area contributed by atoms with Gasteiger partial charge in [-0.05, 0) is 62.0 Å². The number of fused-ring (bicyclic) bond motifs is 2. The number of nitrogens with zero attached hydrogens (tertiary/aromatic N) is 5. The predicted octanol–water partition coefficient (Wildman–Crippen LogP) is 5.50. The van der Waals surface area contributed by atoms with Crippen LogP contribution >= 0.6 is 0 Å². The van der Waals surface area contributed by atoms with Crippen molar-refractivity contribution in [3.8, 4) is 17.3 Å². The average Bonchev–Trinajstić information content (AvgIpc) is 3.49. The van der Waals surface area contributed by atoms with Crippen LogP contribution in [0.4, 0.5) is 5.82 Å². The maximum Gasteiger partial charge on any atom is 0.231 e. The minimum atomic E-state index is -1.73. The molecular formula is C28H40N6O3Si. The van der Waals surface area contributed by atoms with Crippen molar-refractivity contribution in [1.29, 1.82) is 0 Å². The molecule has 1 atom stereocenters. The number of piperidine rings is 1. The first-order chi connectivity index (χ1) is 18.0. The van der Waals surface area contributed by atoms with Gasteiger partial charge in [0.25, 0.3) is 0 Å². The van der Waals surface area contributed by atoms with Crippen LogP contribution in [0.25, 0.3) is 28.1 Å². The molecule has 0 spiro atoms. The molecule has 0 amide bonds. The molecule has 1 fully saturated rings. The van der Waals surface area contributed by atoms with Crippen molar-refractivity contribution in [2.45, 2.75) is 64.7 Å². The number of aromatic nitrogens is 4. The lowest BCUT2D eigenvalue weighted by Crippen LogP contribution is -2.43. The SMILES string of the molecule is C[C@@H](N)COc1ccc2ncc(-c3cc4c(N5CCC(CO[Si](C)(C)C(C)(C)C)CC5)nccc4o3)n2n1. The quantitative estimate of drug-likeness (QED) is 0.294. The van der Waals surface area contributed by atoms with Gasteiger partial charge in [0, 0.05) is 38.0 Å². The van der Waals surface area contributed by atoms with Gasteiger partial charge >= 0.3 is 0 Å². The highest BCUT2D eigenvalue weighted by molar-refractivity contribution is 6.74. The van der Waals surface area contributed by atoms with Crippen LogP contribution in [0, 0.1) is 5.92 Å². The molecule has 2 N–H and O–H groups in total. The molecule has 1 aliphatic heterocycles. The summed E-state index contributed by atoms with van der Waals surface area (Å²) < 4.78 is 20.3. The Morgan fingerprint density at radius 2 is 1.92 bits per heavy atom. The van der Waals surface area contributed by atoms with Gasteiger partial charge in [0.05, 0.1) is 11.6 Å². The van der Waals surface area contributed by atoms with Gasteiger partial charge in [-0.25, -0.2) is 14.5 Å². The minimum absolute atomic E-state index is 0.0779. The molecule has 5 heterocycles. The van der Waals surface area contributed by atoms with Crippen molar-refractivity contribution in [3.05, 3.63) is 36.7 Å². The molecular weight excluding hydrogens is 496 g/mol. The molecule has 10 heteroatoms. The first kappa shape index (κ1) is 26.6. The highest BCUT2D eigenvalue weighted by Gasteiger charge is 2.38. The number of nitrogens with two attached hydrogens (primary N) is 1. The Labute approximate surface area is 225 Å². The topological polar surface area (TPSA) is 104 Å². The van der Waals surface area contributed by atoms with Crippen LogP contribution in [0.15, 0.2) is 41.1 Å². The van der Waals surface area contributed by atoms with Gasteiger partial charge in [-0.3, -0.25) is 0 Å². The molecule has 4 aromatic rings. The molecule has 0 radical (unpaired) electrons. The lowest BCUT2D eigenvalue weighted by atomic mass is 9.98. The lowest BCUT2D eigenvalue weighted by Gasteiger charge is -2.39. The third kappa shape index (κ3) is 5.43. The van der Waals surface area contributed by atoms with E-state index in [0.29, 0.717) is 29.8 Å². The highest BCUT2D eigenvalue weighted by Crippen LogP contribution is 2.38. The fourth-order valence-corrected chi connectivity index (χ4v) is 5.58. The predicted molar refractivity (Wildman–Crippen MR) is 153 cm³/mol. The molecule has 1 aliphatic rings. The first-order valence-electron chi connectivity index (χ1n) is 13.5. The van der Waals surface area contributed by atoms with Crippen molar-refractivity contribution >= 4 is 30.8 Å². The Balaban J connectivity index is 1.33. The standard InChI is InChI=1S/C28H40N6O3Si/c1-19(29)17-35-26-8-7-25-31-16-22(34(25)32-26)24-15-21-23(37-24)9-12-30-27(21)33-13-10-20(11-14-33)18-36-38(5,6)28(2,3)4/h7-9,12,15-16,19-20H,10-11,13-14,17-18,29H2,1-6H3/t19-/m1/s1. The van der Waals surface area contributed by atoms with Crippen LogP contribution in [0.3, 0.4) is 0 Å². The molecule has 4 aromatic heterocycles. The molecule has 0 unspecified atom stereocenters. The summed E-state index contributed by atoms with van der Waals surface area (Å²) in [5, 5.41) is 5.84. The summed E-state index contributed by atoms with van der Waals surface area (Å²) in [7, 11) is -1.73. The summed E-state index contributed by atoms with van der Waals surface area (Å²) in [6, 6.07) is 7.56. The Kier molecular flexibility index (Phi) is 7.23. The van der Waals surface area contributed by atoms with Crippen LogP contribution in [-0.4, -0.2) is 60.2 Å². The Bertz CT molecular complexity index is 1400. The zero-order valence-electron chi connectivity index (χ0n) is 23.4. The fourth-order valence-electron chi connectivity index (χ4n) is 4.50. The maximum absolute atomic E-state index is 6.52. The summed E-state index contributed by atoms with van der Waals surface area (Å²) in [5.41, 5.74) is 8.10. The van der Waals surface area contributed by atoms with Gasteiger partial charge in [-0.1, -0.05) is 20.8 Å². The minimum Gasteiger partial charge on any atom is -0.475 e. The van der Waals surface area contributed by atoms with Crippen LogP contribution < -0.4 is 15.4 Å². The van der Waals surface area contributed by atoms with E-state index < -0.39 is 8.32 Å². The van der Waals surface area contributed by atoms with Gasteiger partial charge < -0.3 is 24.2 Å². The number of anilines is 1. The Morgan fingerprint density at radius 1 is 1.16 bits per heavy atom. The molecule has 1 saturated heterocycles. The number of imidazole rings is 1. The Morgan fingerprint density at radius 3 is 2.63 bits per heavy atom.